The lowest BCUT2D eigenvalue weighted by Crippen LogP contribution is -2.29. The van der Waals surface area contributed by atoms with Crippen LogP contribution < -0.4 is 14.4 Å². The Hall–Kier alpha value is -4.31. The third kappa shape index (κ3) is 3.80. The Morgan fingerprint density at radius 2 is 1.78 bits per heavy atom. The van der Waals surface area contributed by atoms with Crippen molar-refractivity contribution in [2.24, 2.45) is 0 Å². The van der Waals surface area contributed by atoms with E-state index >= 15 is 0 Å². The van der Waals surface area contributed by atoms with Crippen LogP contribution in [-0.2, 0) is 9.59 Å². The van der Waals surface area contributed by atoms with Crippen molar-refractivity contribution >= 4 is 44.1 Å². The lowest BCUT2D eigenvalue weighted by atomic mass is 9.94. The molecule has 0 saturated carbocycles. The van der Waals surface area contributed by atoms with Crippen LogP contribution in [-0.4, -0.2) is 35.0 Å². The molecule has 186 valence electrons. The normalized spacial score (nSPS) is 18.6. The number of aliphatic hydroxyl groups is 1. The number of aryl methyl sites for hydroxylation is 1. The molecule has 0 spiro atoms. The molecule has 2 aliphatic rings. The van der Waals surface area contributed by atoms with Gasteiger partial charge in [0.05, 0.1) is 21.8 Å². The van der Waals surface area contributed by atoms with Gasteiger partial charge in [0, 0.05) is 11.6 Å². The van der Waals surface area contributed by atoms with Crippen LogP contribution in [0.4, 0.5) is 13.9 Å². The number of halogens is 2. The van der Waals surface area contributed by atoms with Crippen LogP contribution in [0.1, 0.15) is 22.7 Å². The minimum Gasteiger partial charge on any atom is -0.507 e. The van der Waals surface area contributed by atoms with Crippen molar-refractivity contribution < 1.29 is 33.0 Å². The fourth-order valence-corrected chi connectivity index (χ4v) is 5.54. The first-order valence-electron chi connectivity index (χ1n) is 11.3. The molecular formula is C27H18F2N2O5S. The smallest absolute Gasteiger partial charge is 0.301 e. The number of hydrogen-bond donors (Lipinski definition) is 1. The number of ketones is 1. The second-order valence-electron chi connectivity index (χ2n) is 8.67. The minimum atomic E-state index is -1.07. The predicted octanol–water partition coefficient (Wildman–Crippen LogP) is 5.28. The number of amides is 1. The second kappa shape index (κ2) is 8.67. The van der Waals surface area contributed by atoms with Gasteiger partial charge in [0.15, 0.2) is 28.3 Å². The molecule has 0 aliphatic carbocycles. The van der Waals surface area contributed by atoms with E-state index in [1.807, 2.05) is 13.0 Å². The van der Waals surface area contributed by atoms with E-state index in [2.05, 4.69) is 4.98 Å². The molecule has 1 amide bonds. The Balaban J connectivity index is 1.55. The number of carbonyl (C=O) groups is 2. The molecule has 10 heteroatoms. The maximum Gasteiger partial charge on any atom is 0.301 e. The molecule has 1 saturated heterocycles. The summed E-state index contributed by atoms with van der Waals surface area (Å²) >= 11 is 0.948. The summed E-state index contributed by atoms with van der Waals surface area (Å²) in [7, 11) is 0. The van der Waals surface area contributed by atoms with Gasteiger partial charge in [-0.2, -0.15) is 0 Å². The van der Waals surface area contributed by atoms with E-state index in [0.29, 0.717) is 35.0 Å². The molecule has 7 nitrogen and oxygen atoms in total. The lowest BCUT2D eigenvalue weighted by Gasteiger charge is -2.23. The van der Waals surface area contributed by atoms with Gasteiger partial charge in [0.1, 0.15) is 19.0 Å². The van der Waals surface area contributed by atoms with Gasteiger partial charge in [-0.1, -0.05) is 41.2 Å². The maximum atomic E-state index is 13.8. The number of aromatic nitrogens is 1. The highest BCUT2D eigenvalue weighted by molar-refractivity contribution is 7.22. The summed E-state index contributed by atoms with van der Waals surface area (Å²) in [5, 5.41) is 11.4. The Morgan fingerprint density at radius 1 is 1.03 bits per heavy atom. The number of thiazole rings is 1. The predicted molar refractivity (Wildman–Crippen MR) is 133 cm³/mol. The van der Waals surface area contributed by atoms with E-state index in [-0.39, 0.29) is 27.5 Å². The Morgan fingerprint density at radius 3 is 2.57 bits per heavy atom. The molecule has 1 unspecified atom stereocenters. The van der Waals surface area contributed by atoms with E-state index < -0.39 is 29.4 Å². The second-order valence-corrected chi connectivity index (χ2v) is 9.68. The topological polar surface area (TPSA) is 89.0 Å². The summed E-state index contributed by atoms with van der Waals surface area (Å²) in [6.45, 7) is 2.59. The Bertz CT molecular complexity index is 1610. The van der Waals surface area contributed by atoms with Crippen LogP contribution in [0, 0.1) is 18.6 Å². The minimum absolute atomic E-state index is 0.0785. The van der Waals surface area contributed by atoms with Crippen LogP contribution in [0.2, 0.25) is 0 Å². The first-order chi connectivity index (χ1) is 17.8. The lowest BCUT2D eigenvalue weighted by molar-refractivity contribution is -0.132. The largest absolute Gasteiger partial charge is 0.507 e. The van der Waals surface area contributed by atoms with Crippen molar-refractivity contribution in [1.82, 2.24) is 4.98 Å². The molecular weight excluding hydrogens is 502 g/mol. The van der Waals surface area contributed by atoms with Gasteiger partial charge in [-0.3, -0.25) is 14.5 Å². The zero-order valence-electron chi connectivity index (χ0n) is 19.3. The van der Waals surface area contributed by atoms with Crippen LogP contribution in [0.15, 0.2) is 60.2 Å². The molecule has 1 atom stereocenters. The number of carbonyl (C=O) groups excluding carboxylic acids is 2. The van der Waals surface area contributed by atoms with Crippen molar-refractivity contribution in [1.29, 1.82) is 0 Å². The molecule has 0 radical (unpaired) electrons. The van der Waals surface area contributed by atoms with E-state index in [1.165, 1.54) is 4.90 Å². The molecule has 1 fully saturated rings. The standard InChI is InChI=1S/C27H18F2N2O5S/c1-13-3-2-4-14(9-13)23-22(24(32)15-5-6-19-20(10-15)36-8-7-35-19)25(33)26(34)31(23)27-30-18-11-16(28)17(29)12-21(18)37-27/h2-6,9-12,23,32H,7-8H2,1H3/b24-22+. The number of Topliss-reactive ketones (excluding diaryl/α,β-unsaturated/α-hetero) is 1. The molecule has 0 bridgehead atoms. The summed E-state index contributed by atoms with van der Waals surface area (Å²) in [6.07, 6.45) is 0. The number of ether oxygens (including phenoxy) is 2. The number of aliphatic hydroxyl groups excluding tert-OH is 1. The number of benzene rings is 3. The maximum absolute atomic E-state index is 13.8. The van der Waals surface area contributed by atoms with Gasteiger partial charge in [-0.25, -0.2) is 13.8 Å². The van der Waals surface area contributed by atoms with Crippen LogP contribution >= 0.6 is 11.3 Å². The van der Waals surface area contributed by atoms with Gasteiger partial charge < -0.3 is 14.6 Å². The summed E-state index contributed by atoms with van der Waals surface area (Å²) < 4.78 is 39.1. The summed E-state index contributed by atoms with van der Waals surface area (Å²) in [6, 6.07) is 12.8. The summed E-state index contributed by atoms with van der Waals surface area (Å²) in [5.74, 6) is -3.40. The van der Waals surface area contributed by atoms with Crippen LogP contribution in [0.25, 0.3) is 16.0 Å². The third-order valence-corrected chi connectivity index (χ3v) is 7.26. The average molecular weight is 521 g/mol. The summed E-state index contributed by atoms with van der Waals surface area (Å²) in [5.41, 5.74) is 1.72. The highest BCUT2D eigenvalue weighted by Gasteiger charge is 2.48. The highest BCUT2D eigenvalue weighted by Crippen LogP contribution is 2.45. The first-order valence-corrected chi connectivity index (χ1v) is 12.2. The fourth-order valence-electron chi connectivity index (χ4n) is 4.55. The average Bonchev–Trinajstić information content (AvgIpc) is 3.41. The fraction of sp³-hybridized carbons (Fsp3) is 0.148. The van der Waals surface area contributed by atoms with Crippen molar-refractivity contribution in [2.75, 3.05) is 18.1 Å². The van der Waals surface area contributed by atoms with Gasteiger partial charge >= 0.3 is 5.91 Å². The first kappa shape index (κ1) is 23.1. The number of nitrogens with zero attached hydrogens (tertiary/aromatic N) is 2. The van der Waals surface area contributed by atoms with Gasteiger partial charge in [0.25, 0.3) is 5.78 Å². The van der Waals surface area contributed by atoms with E-state index in [0.717, 1.165) is 29.0 Å². The molecule has 1 aromatic heterocycles. The van der Waals surface area contributed by atoms with Crippen molar-refractivity contribution in [3.8, 4) is 11.5 Å². The monoisotopic (exact) mass is 520 g/mol. The number of rotatable bonds is 3. The van der Waals surface area contributed by atoms with E-state index in [4.69, 9.17) is 9.47 Å². The van der Waals surface area contributed by atoms with Crippen LogP contribution in [0.3, 0.4) is 0 Å². The Kier molecular flexibility index (Phi) is 5.41. The summed E-state index contributed by atoms with van der Waals surface area (Å²) in [4.78, 5) is 32.2. The third-order valence-electron chi connectivity index (χ3n) is 6.24. The quantitative estimate of drug-likeness (QED) is 0.225. The van der Waals surface area contributed by atoms with Crippen molar-refractivity contribution in [2.45, 2.75) is 13.0 Å². The number of hydrogen-bond acceptors (Lipinski definition) is 7. The van der Waals surface area contributed by atoms with Gasteiger partial charge in [0.2, 0.25) is 0 Å². The van der Waals surface area contributed by atoms with Gasteiger partial charge in [-0.05, 0) is 36.8 Å². The molecule has 4 aromatic rings. The Labute approximate surface area is 213 Å². The zero-order chi connectivity index (χ0) is 25.8. The number of fused-ring (bicyclic) bond motifs is 2. The molecule has 37 heavy (non-hydrogen) atoms. The van der Waals surface area contributed by atoms with Crippen molar-refractivity contribution in [3.63, 3.8) is 0 Å². The van der Waals surface area contributed by atoms with Crippen LogP contribution in [0.5, 0.6) is 11.5 Å². The molecule has 6 rings (SSSR count). The highest BCUT2D eigenvalue weighted by atomic mass is 32.1. The van der Waals surface area contributed by atoms with E-state index in [1.54, 1.807) is 36.4 Å². The SMILES string of the molecule is Cc1cccc(C2/C(=C(\O)c3ccc4c(c3)OCCO4)C(=O)C(=O)N2c2nc3cc(F)c(F)cc3s2)c1. The molecule has 2 aliphatic heterocycles. The zero-order valence-corrected chi connectivity index (χ0v) is 20.1. The molecule has 1 N–H and O–H groups in total. The number of anilines is 1. The molecule has 3 heterocycles. The van der Waals surface area contributed by atoms with Gasteiger partial charge in [-0.15, -0.1) is 0 Å². The van der Waals surface area contributed by atoms with E-state index in [9.17, 15) is 23.5 Å². The van der Waals surface area contributed by atoms with Crippen molar-refractivity contribution in [3.05, 3.63) is 88.5 Å². The molecule has 3 aromatic carbocycles.